The van der Waals surface area contributed by atoms with Gasteiger partial charge < -0.3 is 16.0 Å². The van der Waals surface area contributed by atoms with E-state index < -0.39 is 0 Å². The summed E-state index contributed by atoms with van der Waals surface area (Å²) in [4.78, 5) is 50.1. The molecule has 0 aliphatic heterocycles. The number of ketones is 1. The third-order valence-corrected chi connectivity index (χ3v) is 7.27. The van der Waals surface area contributed by atoms with Crippen molar-refractivity contribution >= 4 is 40.6 Å². The summed E-state index contributed by atoms with van der Waals surface area (Å²) in [7, 11) is 0. The maximum absolute atomic E-state index is 12.7. The van der Waals surface area contributed by atoms with Gasteiger partial charge in [0, 0.05) is 45.7 Å². The Labute approximate surface area is 262 Å². The van der Waals surface area contributed by atoms with Gasteiger partial charge in [-0.3, -0.25) is 19.2 Å². The summed E-state index contributed by atoms with van der Waals surface area (Å²) in [5.74, 6) is -0.609. The van der Waals surface area contributed by atoms with Crippen LogP contribution in [0.3, 0.4) is 0 Å². The summed E-state index contributed by atoms with van der Waals surface area (Å²) < 4.78 is 0. The summed E-state index contributed by atoms with van der Waals surface area (Å²) in [6.07, 6.45) is 2.86. The van der Waals surface area contributed by atoms with E-state index in [4.69, 9.17) is 0 Å². The van der Waals surface area contributed by atoms with Gasteiger partial charge in [-0.2, -0.15) is 0 Å². The molecule has 5 aromatic carbocycles. The Morgan fingerprint density at radius 2 is 0.778 bits per heavy atom. The maximum Gasteiger partial charge on any atom is 0.255 e. The first kappa shape index (κ1) is 30.6. The van der Waals surface area contributed by atoms with Gasteiger partial charge >= 0.3 is 0 Å². The van der Waals surface area contributed by atoms with Crippen LogP contribution in [0.4, 0.5) is 17.1 Å². The number of rotatable bonds is 12. The number of benzene rings is 5. The van der Waals surface area contributed by atoms with Crippen molar-refractivity contribution in [1.82, 2.24) is 0 Å². The molecule has 0 unspecified atom stereocenters. The molecular weight excluding hydrogens is 562 g/mol. The van der Waals surface area contributed by atoms with Gasteiger partial charge in [0.2, 0.25) is 0 Å². The second kappa shape index (κ2) is 15.1. The molecule has 0 bridgehead atoms. The molecule has 5 aromatic rings. The van der Waals surface area contributed by atoms with Crippen molar-refractivity contribution in [2.75, 3.05) is 16.0 Å². The highest BCUT2D eigenvalue weighted by atomic mass is 16.2. The van der Waals surface area contributed by atoms with Crippen molar-refractivity contribution in [3.05, 3.63) is 161 Å². The summed E-state index contributed by atoms with van der Waals surface area (Å²) >= 11 is 0. The summed E-state index contributed by atoms with van der Waals surface area (Å²) in [6, 6.07) is 39.3. The minimum Gasteiger partial charge on any atom is -0.322 e. The van der Waals surface area contributed by atoms with Crippen LogP contribution in [0.1, 0.15) is 66.3 Å². The lowest BCUT2D eigenvalue weighted by Gasteiger charge is -2.09. The monoisotopic (exact) mass is 595 g/mol. The average Bonchev–Trinajstić information content (AvgIpc) is 3.09. The van der Waals surface area contributed by atoms with E-state index in [0.717, 1.165) is 30.5 Å². The molecule has 0 radical (unpaired) electrons. The number of Topliss-reactive ketones (excluding diaryl/α,β-unsaturated/α-hetero) is 1. The summed E-state index contributed by atoms with van der Waals surface area (Å²) in [6.45, 7) is 0. The van der Waals surface area contributed by atoms with Crippen molar-refractivity contribution in [3.8, 4) is 0 Å². The van der Waals surface area contributed by atoms with Crippen LogP contribution in [0.5, 0.6) is 0 Å². The van der Waals surface area contributed by atoms with Crippen LogP contribution >= 0.6 is 0 Å². The van der Waals surface area contributed by atoms with Gasteiger partial charge in [0.25, 0.3) is 17.7 Å². The predicted octanol–water partition coefficient (Wildman–Crippen LogP) is 8.04. The number of carbonyl (C=O) groups excluding carboxylic acids is 4. The van der Waals surface area contributed by atoms with Gasteiger partial charge in [-0.1, -0.05) is 60.7 Å². The molecule has 45 heavy (non-hydrogen) atoms. The zero-order valence-electron chi connectivity index (χ0n) is 24.7. The average molecular weight is 596 g/mol. The molecule has 5 rings (SSSR count). The highest BCUT2D eigenvalue weighted by Gasteiger charge is 2.11. The molecule has 0 fully saturated rings. The Bertz CT molecular complexity index is 1750. The third kappa shape index (κ3) is 8.84. The van der Waals surface area contributed by atoms with Crippen LogP contribution in [-0.4, -0.2) is 23.5 Å². The fraction of sp³-hybridized carbons (Fsp3) is 0.105. The lowest BCUT2D eigenvalue weighted by molar-refractivity contribution is 0.0975. The van der Waals surface area contributed by atoms with Gasteiger partial charge in [-0.05, 0) is 97.6 Å². The normalized spacial score (nSPS) is 10.5. The van der Waals surface area contributed by atoms with E-state index in [0.29, 0.717) is 40.0 Å². The van der Waals surface area contributed by atoms with Crippen molar-refractivity contribution in [2.45, 2.75) is 25.7 Å². The molecular formula is C38H33N3O4. The first-order chi connectivity index (χ1) is 21.9. The first-order valence-corrected chi connectivity index (χ1v) is 14.8. The summed E-state index contributed by atoms with van der Waals surface area (Å²) in [5.41, 5.74) is 5.27. The quantitative estimate of drug-likeness (QED) is 0.100. The number of hydrogen-bond acceptors (Lipinski definition) is 4. The highest BCUT2D eigenvalue weighted by Crippen LogP contribution is 2.18. The number of nitrogens with one attached hydrogen (secondary N) is 3. The van der Waals surface area contributed by atoms with E-state index in [1.807, 2.05) is 48.5 Å². The Balaban J connectivity index is 1.03. The van der Waals surface area contributed by atoms with E-state index in [-0.39, 0.29) is 23.5 Å². The standard InChI is InChI=1S/C38H33N3O4/c42-35(14-8-7-9-27-15-21-32(22-16-27)39-36(43)29-10-3-1-4-11-29)28-17-19-31(20-18-28)38(45)41-34-25-23-33(24-26-34)40-37(44)30-12-5-2-6-13-30/h1-6,10-13,15-26H,7-9,14H2,(H,39,43)(H,40,44)(H,41,45). The van der Waals surface area contributed by atoms with Gasteiger partial charge in [0.1, 0.15) is 0 Å². The second-order valence-electron chi connectivity index (χ2n) is 10.6. The largest absolute Gasteiger partial charge is 0.322 e. The molecule has 0 aliphatic carbocycles. The predicted molar refractivity (Wildman–Crippen MR) is 178 cm³/mol. The lowest BCUT2D eigenvalue weighted by atomic mass is 10.0. The highest BCUT2D eigenvalue weighted by molar-refractivity contribution is 6.06. The zero-order valence-corrected chi connectivity index (χ0v) is 24.7. The first-order valence-electron chi connectivity index (χ1n) is 14.8. The van der Waals surface area contributed by atoms with E-state index in [9.17, 15) is 19.2 Å². The molecule has 3 N–H and O–H groups in total. The number of anilines is 3. The minimum atomic E-state index is -0.291. The number of amides is 3. The topological polar surface area (TPSA) is 104 Å². The Morgan fingerprint density at radius 3 is 1.22 bits per heavy atom. The molecule has 0 aliphatic rings. The molecule has 0 heterocycles. The molecule has 0 saturated heterocycles. The molecule has 7 nitrogen and oxygen atoms in total. The molecule has 0 saturated carbocycles. The molecule has 0 spiro atoms. The minimum absolute atomic E-state index is 0.0362. The van der Waals surface area contributed by atoms with Crippen molar-refractivity contribution in [1.29, 1.82) is 0 Å². The number of unbranched alkanes of at least 4 members (excludes halogenated alkanes) is 1. The molecule has 224 valence electrons. The summed E-state index contributed by atoms with van der Waals surface area (Å²) in [5, 5.41) is 8.57. The number of aryl methyl sites for hydroxylation is 1. The van der Waals surface area contributed by atoms with Gasteiger partial charge in [-0.25, -0.2) is 0 Å². The molecule has 3 amide bonds. The Hall–Kier alpha value is -5.82. The van der Waals surface area contributed by atoms with Crippen LogP contribution in [0.25, 0.3) is 0 Å². The third-order valence-electron chi connectivity index (χ3n) is 7.27. The van der Waals surface area contributed by atoms with Crippen molar-refractivity contribution in [3.63, 3.8) is 0 Å². The SMILES string of the molecule is O=C(CCCCc1ccc(NC(=O)c2ccccc2)cc1)c1ccc(C(=O)Nc2ccc(NC(=O)c3ccccc3)cc2)cc1. The van der Waals surface area contributed by atoms with Crippen LogP contribution in [0.2, 0.25) is 0 Å². The second-order valence-corrected chi connectivity index (χ2v) is 10.6. The maximum atomic E-state index is 12.7. The van der Waals surface area contributed by atoms with Crippen molar-refractivity contribution < 1.29 is 19.2 Å². The van der Waals surface area contributed by atoms with Crippen LogP contribution in [0.15, 0.2) is 133 Å². The number of carbonyl (C=O) groups is 4. The molecule has 7 heteroatoms. The van der Waals surface area contributed by atoms with E-state index in [1.54, 1.807) is 84.9 Å². The zero-order chi connectivity index (χ0) is 31.4. The fourth-order valence-corrected chi connectivity index (χ4v) is 4.75. The van der Waals surface area contributed by atoms with Gasteiger partial charge in [0.15, 0.2) is 5.78 Å². The van der Waals surface area contributed by atoms with Gasteiger partial charge in [0.05, 0.1) is 0 Å². The Morgan fingerprint density at radius 1 is 0.400 bits per heavy atom. The number of hydrogen-bond donors (Lipinski definition) is 3. The smallest absolute Gasteiger partial charge is 0.255 e. The van der Waals surface area contributed by atoms with E-state index in [1.165, 1.54) is 0 Å². The van der Waals surface area contributed by atoms with E-state index >= 15 is 0 Å². The van der Waals surface area contributed by atoms with Gasteiger partial charge in [-0.15, -0.1) is 0 Å². The molecule has 0 atom stereocenters. The van der Waals surface area contributed by atoms with Crippen LogP contribution in [-0.2, 0) is 6.42 Å². The van der Waals surface area contributed by atoms with E-state index in [2.05, 4.69) is 16.0 Å². The fourth-order valence-electron chi connectivity index (χ4n) is 4.75. The van der Waals surface area contributed by atoms with Crippen LogP contribution in [0, 0.1) is 0 Å². The van der Waals surface area contributed by atoms with Crippen molar-refractivity contribution in [2.24, 2.45) is 0 Å². The Kier molecular flexibility index (Phi) is 10.3. The van der Waals surface area contributed by atoms with Crippen LogP contribution < -0.4 is 16.0 Å². The lowest BCUT2D eigenvalue weighted by Crippen LogP contribution is -2.13. The molecule has 0 aromatic heterocycles.